The van der Waals surface area contributed by atoms with Crippen LogP contribution in [0.15, 0.2) is 54.9 Å². The number of thiophene rings is 1. The molecule has 0 spiro atoms. The van der Waals surface area contributed by atoms with Gasteiger partial charge in [0.25, 0.3) is 5.91 Å². The fourth-order valence-corrected chi connectivity index (χ4v) is 4.12. The zero-order chi connectivity index (χ0) is 21.1. The molecule has 0 aliphatic carbocycles. The number of urea groups is 1. The fraction of sp³-hybridized carbons (Fsp3) is 0.143. The molecular formula is C21H18N4O4S. The third-order valence-corrected chi connectivity index (χ3v) is 5.79. The fourth-order valence-electron chi connectivity index (χ4n) is 3.07. The summed E-state index contributed by atoms with van der Waals surface area (Å²) < 4.78 is 0. The van der Waals surface area contributed by atoms with Gasteiger partial charge in [-0.2, -0.15) is 0 Å². The van der Waals surface area contributed by atoms with Crippen LogP contribution in [0.2, 0.25) is 0 Å². The van der Waals surface area contributed by atoms with E-state index in [1.165, 1.54) is 23.5 Å². The molecule has 8 nitrogen and oxygen atoms in total. The standard InChI is InChI=1S/C21H18N4O4S/c26-19(23-10-13-5-7-22-8-6-13)17-9-16-18(30-17)12-25(21(29)24-16)11-14-1-3-15(4-2-14)20(27)28/h1-9H,10-12H2,(H,23,26)(H,24,29)(H,27,28). The van der Waals surface area contributed by atoms with Gasteiger partial charge in [-0.3, -0.25) is 9.78 Å². The van der Waals surface area contributed by atoms with E-state index in [1.807, 2.05) is 12.1 Å². The summed E-state index contributed by atoms with van der Waals surface area (Å²) in [6.07, 6.45) is 3.34. The molecule has 30 heavy (non-hydrogen) atoms. The Bertz CT molecular complexity index is 1100. The number of aromatic carboxylic acids is 1. The molecule has 0 bridgehead atoms. The van der Waals surface area contributed by atoms with Crippen LogP contribution >= 0.6 is 11.3 Å². The van der Waals surface area contributed by atoms with Crippen LogP contribution in [0, 0.1) is 0 Å². The van der Waals surface area contributed by atoms with E-state index in [-0.39, 0.29) is 17.5 Å². The minimum atomic E-state index is -0.991. The van der Waals surface area contributed by atoms with Gasteiger partial charge in [-0.25, -0.2) is 9.59 Å². The SMILES string of the molecule is O=C(O)c1ccc(CN2Cc3sc(C(=O)NCc4ccncc4)cc3NC2=O)cc1. The number of anilines is 1. The van der Waals surface area contributed by atoms with Crippen molar-refractivity contribution in [1.82, 2.24) is 15.2 Å². The van der Waals surface area contributed by atoms with Crippen LogP contribution in [0.3, 0.4) is 0 Å². The normalized spacial score (nSPS) is 12.8. The van der Waals surface area contributed by atoms with Gasteiger partial charge in [0.05, 0.1) is 22.7 Å². The van der Waals surface area contributed by atoms with E-state index >= 15 is 0 Å². The van der Waals surface area contributed by atoms with Gasteiger partial charge < -0.3 is 20.6 Å². The maximum absolute atomic E-state index is 12.5. The van der Waals surface area contributed by atoms with E-state index in [1.54, 1.807) is 35.5 Å². The van der Waals surface area contributed by atoms with Crippen LogP contribution in [-0.4, -0.2) is 32.9 Å². The quantitative estimate of drug-likeness (QED) is 0.564. The number of pyridine rings is 1. The first-order valence-electron chi connectivity index (χ1n) is 9.17. The molecule has 3 amide bonds. The second-order valence-corrected chi connectivity index (χ2v) is 7.91. The molecule has 0 radical (unpaired) electrons. The lowest BCUT2D eigenvalue weighted by Gasteiger charge is -2.27. The number of nitrogens with one attached hydrogen (secondary N) is 2. The number of carboxylic acids is 1. The number of carboxylic acid groups (broad SMARTS) is 1. The highest BCUT2D eigenvalue weighted by Gasteiger charge is 2.26. The predicted molar refractivity (Wildman–Crippen MR) is 111 cm³/mol. The average molecular weight is 422 g/mol. The number of carbonyl (C=O) groups is 3. The van der Waals surface area contributed by atoms with Crippen LogP contribution in [0.1, 0.15) is 36.0 Å². The number of hydrogen-bond donors (Lipinski definition) is 3. The smallest absolute Gasteiger partial charge is 0.335 e. The Morgan fingerprint density at radius 3 is 2.57 bits per heavy atom. The molecule has 0 saturated heterocycles. The first-order chi connectivity index (χ1) is 14.5. The summed E-state index contributed by atoms with van der Waals surface area (Å²) >= 11 is 1.34. The first-order valence-corrected chi connectivity index (χ1v) is 9.99. The molecule has 3 aromatic rings. The number of rotatable bonds is 6. The van der Waals surface area contributed by atoms with Crippen molar-refractivity contribution in [2.75, 3.05) is 5.32 Å². The summed E-state index contributed by atoms with van der Waals surface area (Å²) in [4.78, 5) is 42.9. The van der Waals surface area contributed by atoms with E-state index in [4.69, 9.17) is 5.11 Å². The van der Waals surface area contributed by atoms with E-state index in [2.05, 4.69) is 15.6 Å². The largest absolute Gasteiger partial charge is 0.478 e. The molecular weight excluding hydrogens is 404 g/mol. The van der Waals surface area contributed by atoms with Crippen LogP contribution < -0.4 is 10.6 Å². The molecule has 1 aliphatic rings. The van der Waals surface area contributed by atoms with Gasteiger partial charge in [-0.1, -0.05) is 12.1 Å². The van der Waals surface area contributed by atoms with Gasteiger partial charge >= 0.3 is 12.0 Å². The topological polar surface area (TPSA) is 112 Å². The molecule has 2 aromatic heterocycles. The Balaban J connectivity index is 1.41. The van der Waals surface area contributed by atoms with Crippen molar-refractivity contribution in [2.24, 2.45) is 0 Å². The van der Waals surface area contributed by atoms with Crippen LogP contribution in [0.5, 0.6) is 0 Å². The van der Waals surface area contributed by atoms with Crippen molar-refractivity contribution in [3.05, 3.63) is 81.3 Å². The Kier molecular flexibility index (Phi) is 5.44. The Morgan fingerprint density at radius 2 is 1.87 bits per heavy atom. The highest BCUT2D eigenvalue weighted by molar-refractivity contribution is 7.14. The van der Waals surface area contributed by atoms with Crippen molar-refractivity contribution in [3.63, 3.8) is 0 Å². The zero-order valence-corrected chi connectivity index (χ0v) is 16.6. The van der Waals surface area contributed by atoms with Gasteiger partial charge in [-0.15, -0.1) is 11.3 Å². The number of fused-ring (bicyclic) bond motifs is 1. The van der Waals surface area contributed by atoms with Crippen LogP contribution in [-0.2, 0) is 19.6 Å². The van der Waals surface area contributed by atoms with Crippen molar-refractivity contribution >= 4 is 34.9 Å². The summed E-state index contributed by atoms with van der Waals surface area (Å²) in [5.41, 5.74) is 2.62. The summed E-state index contributed by atoms with van der Waals surface area (Å²) in [7, 11) is 0. The molecule has 0 unspecified atom stereocenters. The van der Waals surface area contributed by atoms with Crippen LogP contribution in [0.4, 0.5) is 10.5 Å². The molecule has 0 fully saturated rings. The van der Waals surface area contributed by atoms with Gasteiger partial charge in [0.15, 0.2) is 0 Å². The maximum atomic E-state index is 12.5. The molecule has 0 atom stereocenters. The summed E-state index contributed by atoms with van der Waals surface area (Å²) in [5, 5.41) is 14.7. The number of carbonyl (C=O) groups excluding carboxylic acids is 2. The maximum Gasteiger partial charge on any atom is 0.335 e. The summed E-state index contributed by atoms with van der Waals surface area (Å²) in [6.45, 7) is 1.12. The summed E-state index contributed by atoms with van der Waals surface area (Å²) in [5.74, 6) is -1.19. The minimum absolute atomic E-state index is 0.198. The van der Waals surface area contributed by atoms with E-state index in [0.29, 0.717) is 30.2 Å². The highest BCUT2D eigenvalue weighted by Crippen LogP contribution is 2.32. The zero-order valence-electron chi connectivity index (χ0n) is 15.8. The predicted octanol–water partition coefficient (Wildman–Crippen LogP) is 3.32. The lowest BCUT2D eigenvalue weighted by atomic mass is 10.1. The van der Waals surface area contributed by atoms with Gasteiger partial charge in [0.2, 0.25) is 0 Å². The van der Waals surface area contributed by atoms with Crippen molar-refractivity contribution in [3.8, 4) is 0 Å². The van der Waals surface area contributed by atoms with Crippen molar-refractivity contribution < 1.29 is 19.5 Å². The molecule has 152 valence electrons. The molecule has 3 N–H and O–H groups in total. The molecule has 9 heteroatoms. The number of nitrogens with zero attached hydrogens (tertiary/aromatic N) is 2. The number of amides is 3. The Hall–Kier alpha value is -3.72. The molecule has 0 saturated carbocycles. The number of hydrogen-bond acceptors (Lipinski definition) is 5. The number of aromatic nitrogens is 1. The average Bonchev–Trinajstić information content (AvgIpc) is 3.16. The molecule has 4 rings (SSSR count). The van der Waals surface area contributed by atoms with Gasteiger partial charge in [0, 0.05) is 30.4 Å². The summed E-state index contributed by atoms with van der Waals surface area (Å²) in [6, 6.07) is 11.5. The first kappa shape index (κ1) is 19.6. The van der Waals surface area contributed by atoms with Gasteiger partial charge in [0.1, 0.15) is 0 Å². The van der Waals surface area contributed by atoms with Crippen LogP contribution in [0.25, 0.3) is 0 Å². The highest BCUT2D eigenvalue weighted by atomic mass is 32.1. The van der Waals surface area contributed by atoms with Gasteiger partial charge in [-0.05, 0) is 41.5 Å². The lowest BCUT2D eigenvalue weighted by molar-refractivity contribution is 0.0696. The third-order valence-electron chi connectivity index (χ3n) is 4.67. The lowest BCUT2D eigenvalue weighted by Crippen LogP contribution is -2.37. The number of benzene rings is 1. The van der Waals surface area contributed by atoms with Crippen molar-refractivity contribution in [1.29, 1.82) is 0 Å². The molecule has 1 aromatic carbocycles. The van der Waals surface area contributed by atoms with E-state index < -0.39 is 5.97 Å². The third kappa shape index (κ3) is 4.31. The second-order valence-electron chi connectivity index (χ2n) is 6.77. The van der Waals surface area contributed by atoms with E-state index in [9.17, 15) is 14.4 Å². The van der Waals surface area contributed by atoms with Crippen molar-refractivity contribution in [2.45, 2.75) is 19.6 Å². The van der Waals surface area contributed by atoms with E-state index in [0.717, 1.165) is 16.0 Å². The second kappa shape index (κ2) is 8.34. The Morgan fingerprint density at radius 1 is 1.13 bits per heavy atom. The monoisotopic (exact) mass is 422 g/mol. The minimum Gasteiger partial charge on any atom is -0.478 e. The molecule has 3 heterocycles. The Labute approximate surface area is 176 Å². The molecule has 1 aliphatic heterocycles.